The highest BCUT2D eigenvalue weighted by molar-refractivity contribution is 6.36. The first-order valence-electron chi connectivity index (χ1n) is 9.18. The van der Waals surface area contributed by atoms with Crippen LogP contribution in [-0.4, -0.2) is 16.5 Å². The van der Waals surface area contributed by atoms with Crippen molar-refractivity contribution in [3.8, 4) is 16.9 Å². The highest BCUT2D eigenvalue weighted by Crippen LogP contribution is 2.37. The second-order valence-corrected chi connectivity index (χ2v) is 7.67. The summed E-state index contributed by atoms with van der Waals surface area (Å²) in [5.41, 5.74) is 10.4. The van der Waals surface area contributed by atoms with Crippen LogP contribution in [0.2, 0.25) is 10.0 Å². The number of ether oxygens (including phenoxy) is 1. The normalized spacial score (nSPS) is 14.3. The molecule has 29 heavy (non-hydrogen) atoms. The monoisotopic (exact) mass is 432 g/mol. The van der Waals surface area contributed by atoms with Crippen molar-refractivity contribution in [3.05, 3.63) is 69.3 Å². The number of fused-ring (bicyclic) bond motifs is 1. The second kappa shape index (κ2) is 8.14. The molecule has 0 aliphatic carbocycles. The van der Waals surface area contributed by atoms with Crippen LogP contribution in [-0.2, 0) is 13.0 Å². The Morgan fingerprint density at radius 3 is 2.76 bits per heavy atom. The average molecular weight is 433 g/mol. The number of rotatable bonds is 4. The molecule has 3 N–H and O–H groups in total. The lowest BCUT2D eigenvalue weighted by molar-refractivity contribution is 0.227. The first-order valence-corrected chi connectivity index (χ1v) is 9.94. The zero-order chi connectivity index (χ0) is 20.5. The number of nitrogen functional groups attached to an aromatic ring is 1. The Labute approximate surface area is 178 Å². The Hall–Kier alpha value is -2.41. The van der Waals surface area contributed by atoms with Crippen molar-refractivity contribution >= 4 is 29.0 Å². The fraction of sp³-hybridized carbons (Fsp3) is 0.238. The van der Waals surface area contributed by atoms with Gasteiger partial charge in [-0.1, -0.05) is 23.2 Å². The Kier molecular flexibility index (Phi) is 5.58. The van der Waals surface area contributed by atoms with E-state index in [4.69, 9.17) is 33.7 Å². The fourth-order valence-electron chi connectivity index (χ4n) is 3.38. The molecule has 1 atom stereocenters. The summed E-state index contributed by atoms with van der Waals surface area (Å²) in [5, 5.41) is 3.59. The van der Waals surface area contributed by atoms with E-state index in [1.807, 2.05) is 6.20 Å². The molecule has 150 valence electrons. The third-order valence-corrected chi connectivity index (χ3v) is 5.63. The summed E-state index contributed by atoms with van der Waals surface area (Å²) < 4.78 is 19.8. The Bertz CT molecular complexity index is 1080. The number of halogens is 3. The van der Waals surface area contributed by atoms with Crippen LogP contribution in [0, 0.1) is 5.82 Å². The molecule has 0 bridgehead atoms. The maximum absolute atomic E-state index is 13.9. The molecule has 1 aromatic carbocycles. The third-order valence-electron chi connectivity index (χ3n) is 4.92. The first kappa shape index (κ1) is 19.9. The lowest BCUT2D eigenvalue weighted by atomic mass is 10.0. The number of hydrogen-bond donors (Lipinski definition) is 2. The van der Waals surface area contributed by atoms with Crippen LogP contribution < -0.4 is 15.8 Å². The fourth-order valence-corrected chi connectivity index (χ4v) is 4.05. The molecule has 0 radical (unpaired) electrons. The van der Waals surface area contributed by atoms with Gasteiger partial charge >= 0.3 is 0 Å². The van der Waals surface area contributed by atoms with Gasteiger partial charge in [-0.2, -0.15) is 0 Å². The molecular weight excluding hydrogens is 414 g/mol. The molecule has 8 heteroatoms. The van der Waals surface area contributed by atoms with Gasteiger partial charge in [0.2, 0.25) is 0 Å². The molecule has 1 aliphatic heterocycles. The predicted octanol–water partition coefficient (Wildman–Crippen LogP) is 4.96. The number of anilines is 1. The number of aromatic nitrogens is 2. The number of nitrogens with two attached hydrogens (primary N) is 1. The van der Waals surface area contributed by atoms with Gasteiger partial charge in [0.25, 0.3) is 0 Å². The van der Waals surface area contributed by atoms with E-state index in [1.165, 1.54) is 17.7 Å². The highest BCUT2D eigenvalue weighted by Gasteiger charge is 2.20. The molecule has 3 heterocycles. The summed E-state index contributed by atoms with van der Waals surface area (Å²) in [7, 11) is 0. The van der Waals surface area contributed by atoms with Crippen LogP contribution in [0.25, 0.3) is 11.1 Å². The molecule has 0 amide bonds. The zero-order valence-electron chi connectivity index (χ0n) is 15.7. The molecular formula is C21H19Cl2FN4O. The van der Waals surface area contributed by atoms with Crippen molar-refractivity contribution in [1.82, 2.24) is 15.3 Å². The van der Waals surface area contributed by atoms with E-state index in [-0.39, 0.29) is 10.8 Å². The topological polar surface area (TPSA) is 73.1 Å². The van der Waals surface area contributed by atoms with Crippen LogP contribution in [0.5, 0.6) is 5.75 Å². The van der Waals surface area contributed by atoms with E-state index >= 15 is 0 Å². The predicted molar refractivity (Wildman–Crippen MR) is 113 cm³/mol. The van der Waals surface area contributed by atoms with Crippen molar-refractivity contribution in [1.29, 1.82) is 0 Å². The smallest absolute Gasteiger partial charge is 0.166 e. The molecule has 0 saturated carbocycles. The number of benzene rings is 1. The van der Waals surface area contributed by atoms with Crippen LogP contribution in [0.1, 0.15) is 29.8 Å². The van der Waals surface area contributed by atoms with Crippen molar-refractivity contribution in [2.24, 2.45) is 0 Å². The van der Waals surface area contributed by atoms with Crippen molar-refractivity contribution in [3.63, 3.8) is 0 Å². The summed E-state index contributed by atoms with van der Waals surface area (Å²) in [5.74, 6) is 0.0224. The summed E-state index contributed by atoms with van der Waals surface area (Å²) in [6.45, 7) is 3.45. The lowest BCUT2D eigenvalue weighted by Crippen LogP contribution is -2.24. The minimum atomic E-state index is -0.629. The van der Waals surface area contributed by atoms with Gasteiger partial charge in [-0.05, 0) is 36.8 Å². The minimum absolute atomic E-state index is 0.0703. The molecule has 0 saturated heterocycles. The van der Waals surface area contributed by atoms with E-state index < -0.39 is 11.9 Å². The second-order valence-electron chi connectivity index (χ2n) is 6.88. The summed E-state index contributed by atoms with van der Waals surface area (Å²) in [4.78, 5) is 8.82. The van der Waals surface area contributed by atoms with Gasteiger partial charge < -0.3 is 15.8 Å². The molecule has 5 nitrogen and oxygen atoms in total. The van der Waals surface area contributed by atoms with Crippen LogP contribution >= 0.6 is 23.2 Å². The van der Waals surface area contributed by atoms with E-state index in [9.17, 15) is 4.39 Å². The van der Waals surface area contributed by atoms with E-state index in [0.717, 1.165) is 36.3 Å². The van der Waals surface area contributed by atoms with Gasteiger partial charge in [-0.3, -0.25) is 4.98 Å². The van der Waals surface area contributed by atoms with E-state index in [2.05, 4.69) is 21.4 Å². The van der Waals surface area contributed by atoms with Crippen molar-refractivity contribution in [2.75, 3.05) is 12.3 Å². The summed E-state index contributed by atoms with van der Waals surface area (Å²) in [6, 6.07) is 6.55. The minimum Gasteiger partial charge on any atom is -0.482 e. The van der Waals surface area contributed by atoms with E-state index in [0.29, 0.717) is 16.3 Å². The van der Waals surface area contributed by atoms with Gasteiger partial charge in [0.1, 0.15) is 11.9 Å². The number of nitrogens with one attached hydrogen (secondary N) is 1. The molecule has 0 spiro atoms. The average Bonchev–Trinajstić information content (AvgIpc) is 2.72. The first-order chi connectivity index (χ1) is 13.9. The van der Waals surface area contributed by atoms with E-state index in [1.54, 1.807) is 19.2 Å². The SMILES string of the molecule is CC(Oc1cc(-c2cnc3c(c2)CNCC3)cnc1N)c1c(Cl)ccc(F)c1Cl. The van der Waals surface area contributed by atoms with Gasteiger partial charge in [-0.15, -0.1) is 0 Å². The van der Waals surface area contributed by atoms with Gasteiger partial charge in [0.15, 0.2) is 11.6 Å². The number of pyridine rings is 2. The maximum atomic E-state index is 13.9. The molecule has 1 unspecified atom stereocenters. The van der Waals surface area contributed by atoms with Crippen molar-refractivity contribution < 1.29 is 9.13 Å². The molecule has 4 rings (SSSR count). The highest BCUT2D eigenvalue weighted by atomic mass is 35.5. The standard InChI is InChI=1S/C21H19Cl2FN4O/c1-11(19-15(22)2-3-16(24)20(19)23)29-18-7-13(10-28-21(18)25)12-6-14-8-26-5-4-17(14)27-9-12/h2-3,6-7,9-11,26H,4-5,8H2,1H3,(H2,25,28). The quantitative estimate of drug-likeness (QED) is 0.570. The van der Waals surface area contributed by atoms with Crippen LogP contribution in [0.15, 0.2) is 36.7 Å². The zero-order valence-corrected chi connectivity index (χ0v) is 17.2. The molecule has 3 aromatic rings. The molecule has 2 aromatic heterocycles. The van der Waals surface area contributed by atoms with Gasteiger partial charge in [0, 0.05) is 59.3 Å². The summed E-state index contributed by atoms with van der Waals surface area (Å²) >= 11 is 12.3. The molecule has 0 fully saturated rings. The summed E-state index contributed by atoms with van der Waals surface area (Å²) in [6.07, 6.45) is 3.78. The molecule has 1 aliphatic rings. The lowest BCUT2D eigenvalue weighted by Gasteiger charge is -2.20. The number of nitrogens with zero attached hydrogens (tertiary/aromatic N) is 2. The van der Waals surface area contributed by atoms with Gasteiger partial charge in [0.05, 0.1) is 5.02 Å². The third kappa shape index (κ3) is 4.01. The Balaban J connectivity index is 1.65. The van der Waals surface area contributed by atoms with Crippen molar-refractivity contribution in [2.45, 2.75) is 26.0 Å². The largest absolute Gasteiger partial charge is 0.482 e. The Morgan fingerprint density at radius 2 is 1.93 bits per heavy atom. The van der Waals surface area contributed by atoms with Gasteiger partial charge in [-0.25, -0.2) is 9.37 Å². The number of hydrogen-bond acceptors (Lipinski definition) is 5. The van der Waals surface area contributed by atoms with Crippen LogP contribution in [0.4, 0.5) is 10.2 Å². The maximum Gasteiger partial charge on any atom is 0.166 e. The van der Waals surface area contributed by atoms with Crippen LogP contribution in [0.3, 0.4) is 0 Å². The Morgan fingerprint density at radius 1 is 1.17 bits per heavy atom.